The van der Waals surface area contributed by atoms with Gasteiger partial charge in [0.25, 0.3) is 5.56 Å². The van der Waals surface area contributed by atoms with Gasteiger partial charge in [0.2, 0.25) is 0 Å². The van der Waals surface area contributed by atoms with E-state index in [2.05, 4.69) is 13.8 Å². The van der Waals surface area contributed by atoms with E-state index in [4.69, 9.17) is 0 Å². The number of unbranched alkanes of at least 4 members (excludes halogenated alkanes) is 1. The molecule has 0 amide bonds. The highest BCUT2D eigenvalue weighted by molar-refractivity contribution is 7.20. The van der Waals surface area contributed by atoms with Crippen LogP contribution < -0.4 is 11.2 Å². The van der Waals surface area contributed by atoms with E-state index >= 15 is 0 Å². The molecule has 2 atom stereocenters. The zero-order valence-corrected chi connectivity index (χ0v) is 13.9. The van der Waals surface area contributed by atoms with Gasteiger partial charge in [0.1, 0.15) is 4.83 Å². The molecule has 1 aliphatic carbocycles. The highest BCUT2D eigenvalue weighted by Crippen LogP contribution is 2.41. The van der Waals surface area contributed by atoms with Gasteiger partial charge in [0, 0.05) is 12.6 Å². The Morgan fingerprint density at radius 2 is 2.05 bits per heavy atom. The maximum absolute atomic E-state index is 12.8. The van der Waals surface area contributed by atoms with Crippen molar-refractivity contribution in [3.63, 3.8) is 0 Å². The van der Waals surface area contributed by atoms with Crippen molar-refractivity contribution in [1.29, 1.82) is 0 Å². The minimum Gasteiger partial charge on any atom is -0.297 e. The van der Waals surface area contributed by atoms with Crippen molar-refractivity contribution in [2.24, 2.45) is 5.92 Å². The lowest BCUT2D eigenvalue weighted by Crippen LogP contribution is -2.39. The minimum absolute atomic E-state index is 0.0104. The molecule has 118 valence electrons. The molecule has 22 heavy (non-hydrogen) atoms. The van der Waals surface area contributed by atoms with E-state index in [0.717, 1.165) is 25.5 Å². The molecule has 0 aromatic carbocycles. The number of aryl methyl sites for hydroxylation is 2. The first-order valence-electron chi connectivity index (χ1n) is 7.74. The predicted molar refractivity (Wildman–Crippen MR) is 88.2 cm³/mol. The Labute approximate surface area is 132 Å². The van der Waals surface area contributed by atoms with E-state index in [1.807, 2.05) is 0 Å². The quantitative estimate of drug-likeness (QED) is 0.796. The largest absolute Gasteiger partial charge is 0.332 e. The number of aldehydes is 1. The fourth-order valence-corrected chi connectivity index (χ4v) is 4.10. The SMILES string of the molecule is CCCCn1c(=O)n(C2C[C@@H]2C)c(=O)c2c(C)c(C=O)sc21. The van der Waals surface area contributed by atoms with Crippen molar-refractivity contribution >= 4 is 27.8 Å². The lowest BCUT2D eigenvalue weighted by Gasteiger charge is -2.11. The molecular weight excluding hydrogens is 300 g/mol. The van der Waals surface area contributed by atoms with Crippen LogP contribution >= 0.6 is 11.3 Å². The molecule has 0 saturated heterocycles. The summed E-state index contributed by atoms with van der Waals surface area (Å²) in [6.45, 7) is 6.50. The highest BCUT2D eigenvalue weighted by atomic mass is 32.1. The summed E-state index contributed by atoms with van der Waals surface area (Å²) in [4.78, 5) is 38.0. The molecular formula is C16H20N2O3S. The number of aromatic nitrogens is 2. The van der Waals surface area contributed by atoms with Crippen LogP contribution in [0.25, 0.3) is 10.2 Å². The van der Waals surface area contributed by atoms with Gasteiger partial charge in [-0.2, -0.15) is 0 Å². The summed E-state index contributed by atoms with van der Waals surface area (Å²) in [6, 6.07) is 0.0104. The van der Waals surface area contributed by atoms with Crippen LogP contribution in [0.3, 0.4) is 0 Å². The Bertz CT molecular complexity index is 859. The van der Waals surface area contributed by atoms with Gasteiger partial charge in [-0.15, -0.1) is 11.3 Å². The molecule has 0 radical (unpaired) electrons. The maximum atomic E-state index is 12.8. The number of rotatable bonds is 5. The highest BCUT2D eigenvalue weighted by Gasteiger charge is 2.38. The van der Waals surface area contributed by atoms with Crippen LogP contribution in [0.5, 0.6) is 0 Å². The molecule has 1 fully saturated rings. The lowest BCUT2D eigenvalue weighted by molar-refractivity contribution is 0.112. The first-order chi connectivity index (χ1) is 10.5. The normalized spacial score (nSPS) is 20.5. The first-order valence-corrected chi connectivity index (χ1v) is 8.56. The molecule has 1 saturated carbocycles. The Hall–Kier alpha value is -1.69. The number of carbonyl (C=O) groups excluding carboxylic acids is 1. The molecule has 0 N–H and O–H groups in total. The standard InChI is InChI=1S/C16H20N2O3S/c1-4-5-6-17-15-13(10(3)12(8-19)22-15)14(20)18(16(17)21)11-7-9(11)2/h8-9,11H,4-7H2,1-3H3/t9-,11?/m0/s1. The topological polar surface area (TPSA) is 61.1 Å². The molecule has 1 unspecified atom stereocenters. The maximum Gasteiger partial charge on any atom is 0.332 e. The van der Waals surface area contributed by atoms with Crippen molar-refractivity contribution in [2.45, 2.75) is 52.6 Å². The molecule has 5 nitrogen and oxygen atoms in total. The van der Waals surface area contributed by atoms with Gasteiger partial charge in [0.15, 0.2) is 6.29 Å². The summed E-state index contributed by atoms with van der Waals surface area (Å²) in [5, 5.41) is 0.543. The molecule has 0 bridgehead atoms. The van der Waals surface area contributed by atoms with E-state index in [9.17, 15) is 14.4 Å². The van der Waals surface area contributed by atoms with Gasteiger partial charge in [-0.3, -0.25) is 18.7 Å². The van der Waals surface area contributed by atoms with Crippen LogP contribution in [0.15, 0.2) is 9.59 Å². The summed E-state index contributed by atoms with van der Waals surface area (Å²) in [5.41, 5.74) is 0.246. The summed E-state index contributed by atoms with van der Waals surface area (Å²) in [6.07, 6.45) is 3.49. The Morgan fingerprint density at radius 1 is 1.36 bits per heavy atom. The Kier molecular flexibility index (Phi) is 3.80. The van der Waals surface area contributed by atoms with E-state index < -0.39 is 0 Å². The van der Waals surface area contributed by atoms with Gasteiger partial charge in [-0.25, -0.2) is 4.79 Å². The Balaban J connectivity index is 2.37. The van der Waals surface area contributed by atoms with Gasteiger partial charge >= 0.3 is 5.69 Å². The van der Waals surface area contributed by atoms with Gasteiger partial charge in [-0.1, -0.05) is 20.3 Å². The molecule has 2 aromatic heterocycles. The second-order valence-electron chi connectivity index (χ2n) is 6.13. The predicted octanol–water partition coefficient (Wildman–Crippen LogP) is 2.73. The van der Waals surface area contributed by atoms with Gasteiger partial charge < -0.3 is 0 Å². The molecule has 2 heterocycles. The smallest absolute Gasteiger partial charge is 0.297 e. The minimum atomic E-state index is -0.232. The monoisotopic (exact) mass is 320 g/mol. The van der Waals surface area contributed by atoms with Gasteiger partial charge in [-0.05, 0) is 31.2 Å². The zero-order chi connectivity index (χ0) is 16.0. The number of hydrogen-bond donors (Lipinski definition) is 0. The van der Waals surface area contributed by atoms with Crippen LogP contribution in [-0.2, 0) is 6.54 Å². The molecule has 0 aliphatic heterocycles. The van der Waals surface area contributed by atoms with Crippen LogP contribution in [0, 0.1) is 12.8 Å². The van der Waals surface area contributed by atoms with Gasteiger partial charge in [0.05, 0.1) is 10.3 Å². The Morgan fingerprint density at radius 3 is 2.59 bits per heavy atom. The van der Waals surface area contributed by atoms with E-state index in [1.165, 1.54) is 15.9 Å². The van der Waals surface area contributed by atoms with Crippen LogP contribution in [-0.4, -0.2) is 15.4 Å². The van der Waals surface area contributed by atoms with Crippen molar-refractivity contribution < 1.29 is 4.79 Å². The average Bonchev–Trinajstić information content (AvgIpc) is 3.09. The molecule has 3 rings (SSSR count). The zero-order valence-electron chi connectivity index (χ0n) is 13.1. The average molecular weight is 320 g/mol. The number of fused-ring (bicyclic) bond motifs is 1. The number of thiophene rings is 1. The van der Waals surface area contributed by atoms with Crippen molar-refractivity contribution in [2.75, 3.05) is 0 Å². The first kappa shape index (κ1) is 15.2. The van der Waals surface area contributed by atoms with Crippen molar-refractivity contribution in [3.8, 4) is 0 Å². The van der Waals surface area contributed by atoms with Crippen LogP contribution in [0.4, 0.5) is 0 Å². The fraction of sp³-hybridized carbons (Fsp3) is 0.562. The summed E-state index contributed by atoms with van der Waals surface area (Å²) in [7, 11) is 0. The van der Waals surface area contributed by atoms with E-state index in [-0.39, 0.29) is 17.3 Å². The second-order valence-corrected chi connectivity index (χ2v) is 7.16. The number of hydrogen-bond acceptors (Lipinski definition) is 4. The van der Waals surface area contributed by atoms with E-state index in [1.54, 1.807) is 11.5 Å². The molecule has 2 aromatic rings. The third-order valence-electron chi connectivity index (χ3n) is 4.52. The summed E-state index contributed by atoms with van der Waals surface area (Å²) >= 11 is 1.25. The molecule has 6 heteroatoms. The summed E-state index contributed by atoms with van der Waals surface area (Å²) < 4.78 is 3.10. The van der Waals surface area contributed by atoms with Crippen molar-refractivity contribution in [1.82, 2.24) is 9.13 Å². The number of carbonyl (C=O) groups is 1. The molecule has 1 aliphatic rings. The van der Waals surface area contributed by atoms with E-state index in [0.29, 0.717) is 33.1 Å². The van der Waals surface area contributed by atoms with Crippen molar-refractivity contribution in [3.05, 3.63) is 31.3 Å². The second kappa shape index (κ2) is 5.50. The lowest BCUT2D eigenvalue weighted by atomic mass is 10.2. The third-order valence-corrected chi connectivity index (χ3v) is 5.76. The third kappa shape index (κ3) is 2.17. The summed E-state index contributed by atoms with van der Waals surface area (Å²) in [5.74, 6) is 0.368. The van der Waals surface area contributed by atoms with Crippen LogP contribution in [0.2, 0.25) is 0 Å². The fourth-order valence-electron chi connectivity index (χ4n) is 2.96. The van der Waals surface area contributed by atoms with Crippen LogP contribution in [0.1, 0.15) is 54.4 Å². The number of nitrogens with zero attached hydrogens (tertiary/aromatic N) is 2. The molecule has 0 spiro atoms.